The zero-order valence-corrected chi connectivity index (χ0v) is 12.3. The molecule has 0 spiro atoms. The number of hydrogen-bond donors (Lipinski definition) is 0. The van der Waals surface area contributed by atoms with Gasteiger partial charge in [0.15, 0.2) is 0 Å². The second-order valence-electron chi connectivity index (χ2n) is 4.15. The molecule has 2 heterocycles. The maximum absolute atomic E-state index is 11.8. The average molecular weight is 292 g/mol. The van der Waals surface area contributed by atoms with E-state index in [1.165, 1.54) is 13.3 Å². The molecule has 6 heteroatoms. The molecule has 20 heavy (non-hydrogen) atoms. The Morgan fingerprint density at radius 1 is 1.40 bits per heavy atom. The van der Waals surface area contributed by atoms with Gasteiger partial charge in [-0.2, -0.15) is 0 Å². The summed E-state index contributed by atoms with van der Waals surface area (Å²) in [5, 5.41) is 2.99. The van der Waals surface area contributed by atoms with E-state index in [1.54, 1.807) is 23.5 Å². The highest BCUT2D eigenvalue weighted by atomic mass is 32.1. The van der Waals surface area contributed by atoms with Crippen molar-refractivity contribution >= 4 is 17.3 Å². The van der Waals surface area contributed by atoms with Crippen LogP contribution >= 0.6 is 11.3 Å². The van der Waals surface area contributed by atoms with E-state index in [1.807, 2.05) is 5.38 Å². The van der Waals surface area contributed by atoms with Gasteiger partial charge < -0.3 is 9.47 Å². The Labute approximate surface area is 121 Å². The molecule has 0 amide bonds. The Balaban J connectivity index is 1.90. The van der Waals surface area contributed by atoms with Crippen molar-refractivity contribution in [1.82, 2.24) is 9.97 Å². The fourth-order valence-electron chi connectivity index (χ4n) is 1.59. The molecule has 0 saturated heterocycles. The average Bonchev–Trinajstić information content (AvgIpc) is 2.93. The molecule has 0 aromatic carbocycles. The van der Waals surface area contributed by atoms with E-state index < -0.39 is 5.97 Å². The molecule has 106 valence electrons. The van der Waals surface area contributed by atoms with E-state index in [-0.39, 0.29) is 6.61 Å². The lowest BCUT2D eigenvalue weighted by molar-refractivity contribution is 0.0467. The van der Waals surface area contributed by atoms with E-state index in [4.69, 9.17) is 9.47 Å². The van der Waals surface area contributed by atoms with E-state index >= 15 is 0 Å². The first-order chi connectivity index (χ1) is 9.72. The van der Waals surface area contributed by atoms with Crippen LogP contribution < -0.4 is 4.74 Å². The Bertz CT molecular complexity index is 566. The van der Waals surface area contributed by atoms with E-state index in [0.29, 0.717) is 11.4 Å². The summed E-state index contributed by atoms with van der Waals surface area (Å²) in [6.07, 6.45) is 3.45. The summed E-state index contributed by atoms with van der Waals surface area (Å²) in [5.74, 6) is 0.0513. The highest BCUT2D eigenvalue weighted by Gasteiger charge is 2.09. The first-order valence-corrected chi connectivity index (χ1v) is 7.21. The van der Waals surface area contributed by atoms with Crippen LogP contribution in [0.3, 0.4) is 0 Å². The molecule has 0 N–H and O–H groups in total. The van der Waals surface area contributed by atoms with E-state index in [2.05, 4.69) is 16.9 Å². The molecule has 2 rings (SSSR count). The Morgan fingerprint density at radius 2 is 2.25 bits per heavy atom. The van der Waals surface area contributed by atoms with Crippen molar-refractivity contribution in [3.05, 3.63) is 40.0 Å². The quantitative estimate of drug-likeness (QED) is 0.766. The monoisotopic (exact) mass is 292 g/mol. The fraction of sp³-hybridized carbons (Fsp3) is 0.357. The second kappa shape index (κ2) is 7.00. The van der Waals surface area contributed by atoms with Gasteiger partial charge >= 0.3 is 5.97 Å². The molecule has 2 aromatic heterocycles. The van der Waals surface area contributed by atoms with Gasteiger partial charge in [0.25, 0.3) is 0 Å². The zero-order chi connectivity index (χ0) is 14.4. The number of methoxy groups -OCH3 is 1. The van der Waals surface area contributed by atoms with Crippen molar-refractivity contribution in [1.29, 1.82) is 0 Å². The van der Waals surface area contributed by atoms with Crippen LogP contribution in [0.2, 0.25) is 0 Å². The van der Waals surface area contributed by atoms with Crippen molar-refractivity contribution < 1.29 is 14.3 Å². The molecule has 0 aliphatic heterocycles. The summed E-state index contributed by atoms with van der Waals surface area (Å²) in [7, 11) is 1.52. The molecule has 0 aliphatic rings. The van der Waals surface area contributed by atoms with Gasteiger partial charge in [0.1, 0.15) is 6.61 Å². The van der Waals surface area contributed by atoms with Gasteiger partial charge in [0.2, 0.25) is 5.88 Å². The predicted octanol–water partition coefficient (Wildman–Crippen LogP) is 2.86. The van der Waals surface area contributed by atoms with Gasteiger partial charge in [-0.05, 0) is 18.9 Å². The summed E-state index contributed by atoms with van der Waals surface area (Å²) in [6.45, 7) is 2.29. The van der Waals surface area contributed by atoms with Crippen LogP contribution in [0.15, 0.2) is 23.7 Å². The lowest BCUT2D eigenvalue weighted by Gasteiger charge is -2.03. The number of thiazole rings is 1. The van der Waals surface area contributed by atoms with Crippen molar-refractivity contribution in [3.8, 4) is 5.88 Å². The number of hydrogen-bond acceptors (Lipinski definition) is 6. The molecular weight excluding hydrogens is 276 g/mol. The highest BCUT2D eigenvalue weighted by Crippen LogP contribution is 2.14. The minimum atomic E-state index is -0.412. The van der Waals surface area contributed by atoms with Crippen LogP contribution in [-0.2, 0) is 17.8 Å². The Hall–Kier alpha value is -1.95. The largest absolute Gasteiger partial charge is 0.481 e. The Morgan fingerprint density at radius 3 is 2.90 bits per heavy atom. The van der Waals surface area contributed by atoms with Gasteiger partial charge in [-0.3, -0.25) is 0 Å². The van der Waals surface area contributed by atoms with Gasteiger partial charge in [-0.1, -0.05) is 6.92 Å². The summed E-state index contributed by atoms with van der Waals surface area (Å²) >= 11 is 1.60. The fourth-order valence-corrected chi connectivity index (χ4v) is 2.47. The van der Waals surface area contributed by atoms with Crippen molar-refractivity contribution in [2.24, 2.45) is 0 Å². The summed E-state index contributed by atoms with van der Waals surface area (Å²) < 4.78 is 10.1. The smallest absolute Gasteiger partial charge is 0.340 e. The Kier molecular flexibility index (Phi) is 5.06. The molecule has 0 saturated carbocycles. The number of aromatic nitrogens is 2. The van der Waals surface area contributed by atoms with Gasteiger partial charge in [0.05, 0.1) is 23.4 Å². The minimum absolute atomic E-state index is 0.186. The lowest BCUT2D eigenvalue weighted by atomic mass is 10.3. The molecule has 5 nitrogen and oxygen atoms in total. The van der Waals surface area contributed by atoms with Crippen LogP contribution in [-0.4, -0.2) is 23.0 Å². The molecule has 0 fully saturated rings. The van der Waals surface area contributed by atoms with Crippen molar-refractivity contribution in [3.63, 3.8) is 0 Å². The SMILES string of the molecule is CCCc1nc(COC(=O)c2ccc(OC)nc2)cs1. The van der Waals surface area contributed by atoms with Crippen LogP contribution in [0.1, 0.15) is 34.4 Å². The topological polar surface area (TPSA) is 61.3 Å². The van der Waals surface area contributed by atoms with Crippen LogP contribution in [0, 0.1) is 0 Å². The number of nitrogens with zero attached hydrogens (tertiary/aromatic N) is 2. The van der Waals surface area contributed by atoms with Gasteiger partial charge in [0, 0.05) is 17.6 Å². The van der Waals surface area contributed by atoms with Crippen LogP contribution in [0.4, 0.5) is 0 Å². The van der Waals surface area contributed by atoms with Gasteiger partial charge in [-0.25, -0.2) is 14.8 Å². The normalized spacial score (nSPS) is 10.3. The molecule has 2 aromatic rings. The maximum atomic E-state index is 11.8. The summed E-state index contributed by atoms with van der Waals surface area (Å²) in [5.41, 5.74) is 1.18. The molecule has 0 aliphatic carbocycles. The molecular formula is C14H16N2O3S. The van der Waals surface area contributed by atoms with Crippen LogP contribution in [0.5, 0.6) is 5.88 Å². The first-order valence-electron chi connectivity index (χ1n) is 6.33. The summed E-state index contributed by atoms with van der Waals surface area (Å²) in [6, 6.07) is 3.25. The third-order valence-electron chi connectivity index (χ3n) is 2.60. The maximum Gasteiger partial charge on any atom is 0.340 e. The first kappa shape index (κ1) is 14.5. The third-order valence-corrected chi connectivity index (χ3v) is 3.55. The molecule has 0 unspecified atom stereocenters. The van der Waals surface area contributed by atoms with Crippen LogP contribution in [0.25, 0.3) is 0 Å². The zero-order valence-electron chi connectivity index (χ0n) is 11.5. The van der Waals surface area contributed by atoms with Crippen molar-refractivity contribution in [2.75, 3.05) is 7.11 Å². The molecule has 0 atom stereocenters. The third kappa shape index (κ3) is 3.77. The number of esters is 1. The molecule has 0 bridgehead atoms. The van der Waals surface area contributed by atoms with Crippen molar-refractivity contribution in [2.45, 2.75) is 26.4 Å². The predicted molar refractivity (Wildman–Crippen MR) is 76.0 cm³/mol. The van der Waals surface area contributed by atoms with Gasteiger partial charge in [-0.15, -0.1) is 11.3 Å². The number of carbonyl (C=O) groups is 1. The van der Waals surface area contributed by atoms with E-state index in [9.17, 15) is 4.79 Å². The molecule has 0 radical (unpaired) electrons. The number of ether oxygens (including phenoxy) is 2. The number of pyridine rings is 1. The second-order valence-corrected chi connectivity index (χ2v) is 5.09. The summed E-state index contributed by atoms with van der Waals surface area (Å²) in [4.78, 5) is 20.2. The highest BCUT2D eigenvalue weighted by molar-refractivity contribution is 7.09. The number of aryl methyl sites for hydroxylation is 1. The minimum Gasteiger partial charge on any atom is -0.481 e. The number of rotatable bonds is 6. The lowest BCUT2D eigenvalue weighted by Crippen LogP contribution is -2.06. The number of carbonyl (C=O) groups excluding carboxylic acids is 1. The van der Waals surface area contributed by atoms with E-state index in [0.717, 1.165) is 23.5 Å². The standard InChI is InChI=1S/C14H16N2O3S/c1-3-4-13-16-11(9-20-13)8-19-14(17)10-5-6-12(18-2)15-7-10/h5-7,9H,3-4,8H2,1-2H3.